The van der Waals surface area contributed by atoms with E-state index in [4.69, 9.17) is 0 Å². The summed E-state index contributed by atoms with van der Waals surface area (Å²) in [6, 6.07) is 10.4. The van der Waals surface area contributed by atoms with E-state index >= 15 is 0 Å². The Kier molecular flexibility index (Phi) is 3.70. The third-order valence-corrected chi connectivity index (χ3v) is 4.10. The van der Waals surface area contributed by atoms with Gasteiger partial charge in [-0.15, -0.1) is 0 Å². The smallest absolute Gasteiger partial charge is 0.115 e. The molecule has 3 heteroatoms. The average molecular weight is 268 g/mol. The molecule has 2 aromatic rings. The van der Waals surface area contributed by atoms with Gasteiger partial charge in [-0.05, 0) is 67.1 Å². The number of benzene rings is 1. The number of nitrogens with one attached hydrogen (secondary N) is 1. The number of fused-ring (bicyclic) bond motifs is 1. The Hall–Kier alpha value is -1.87. The molecule has 0 amide bonds. The summed E-state index contributed by atoms with van der Waals surface area (Å²) in [5.41, 5.74) is 3.85. The van der Waals surface area contributed by atoms with Crippen LogP contribution in [0.15, 0.2) is 42.7 Å². The van der Waals surface area contributed by atoms with E-state index in [9.17, 15) is 5.11 Å². The summed E-state index contributed by atoms with van der Waals surface area (Å²) < 4.78 is 0. The number of pyridine rings is 1. The highest BCUT2D eigenvalue weighted by molar-refractivity contribution is 5.38. The zero-order valence-corrected chi connectivity index (χ0v) is 11.7. The van der Waals surface area contributed by atoms with Crippen molar-refractivity contribution in [1.82, 2.24) is 10.3 Å². The fourth-order valence-electron chi connectivity index (χ4n) is 3.01. The molecule has 2 atom stereocenters. The maximum atomic E-state index is 9.72. The van der Waals surface area contributed by atoms with Crippen LogP contribution >= 0.6 is 0 Å². The van der Waals surface area contributed by atoms with Crippen LogP contribution in [0.25, 0.3) is 0 Å². The number of hydrogen-bond donors (Lipinski definition) is 2. The topological polar surface area (TPSA) is 45.1 Å². The number of hydrogen-bond acceptors (Lipinski definition) is 3. The zero-order chi connectivity index (χ0) is 13.9. The molecular weight excluding hydrogens is 248 g/mol. The molecule has 1 aromatic heterocycles. The monoisotopic (exact) mass is 268 g/mol. The largest absolute Gasteiger partial charge is 0.508 e. The molecule has 20 heavy (non-hydrogen) atoms. The van der Waals surface area contributed by atoms with Gasteiger partial charge in [-0.1, -0.05) is 6.07 Å². The number of aryl methyl sites for hydroxylation is 1. The van der Waals surface area contributed by atoms with Gasteiger partial charge in [0.05, 0.1) is 0 Å². The van der Waals surface area contributed by atoms with Crippen LogP contribution in [0, 0.1) is 0 Å². The van der Waals surface area contributed by atoms with Gasteiger partial charge < -0.3 is 10.4 Å². The highest BCUT2D eigenvalue weighted by Crippen LogP contribution is 2.33. The second-order valence-corrected chi connectivity index (χ2v) is 5.50. The highest BCUT2D eigenvalue weighted by Gasteiger charge is 2.22. The molecule has 1 aliphatic rings. The van der Waals surface area contributed by atoms with Crippen molar-refractivity contribution in [3.05, 3.63) is 59.4 Å². The van der Waals surface area contributed by atoms with E-state index in [2.05, 4.69) is 23.3 Å². The van der Waals surface area contributed by atoms with Gasteiger partial charge in [0.2, 0.25) is 0 Å². The van der Waals surface area contributed by atoms with Crippen molar-refractivity contribution < 1.29 is 5.11 Å². The molecule has 1 aliphatic carbocycles. The standard InChI is InChI=1S/C17H20N2O/c1-12(13-7-9-18-10-8-13)19-17-4-2-3-14-5-6-15(20)11-16(14)17/h5-12,17,19-20H,2-4H2,1H3/t12-,17?/m0/s1. The molecule has 2 N–H and O–H groups in total. The summed E-state index contributed by atoms with van der Waals surface area (Å²) in [4.78, 5) is 4.06. The molecule has 1 unspecified atom stereocenters. The second-order valence-electron chi connectivity index (χ2n) is 5.50. The van der Waals surface area contributed by atoms with E-state index in [0.29, 0.717) is 11.8 Å². The van der Waals surface area contributed by atoms with Crippen LogP contribution in [0.4, 0.5) is 0 Å². The first-order valence-electron chi connectivity index (χ1n) is 7.22. The zero-order valence-electron chi connectivity index (χ0n) is 11.7. The first-order valence-corrected chi connectivity index (χ1v) is 7.22. The molecule has 1 aromatic carbocycles. The third-order valence-electron chi connectivity index (χ3n) is 4.10. The van der Waals surface area contributed by atoms with Crippen LogP contribution in [0.1, 0.15) is 48.5 Å². The number of phenols is 1. The Bertz CT molecular complexity index is 583. The quantitative estimate of drug-likeness (QED) is 0.895. The van der Waals surface area contributed by atoms with Crippen molar-refractivity contribution >= 4 is 0 Å². The number of phenolic OH excluding ortho intramolecular Hbond substituents is 1. The first kappa shape index (κ1) is 13.1. The van der Waals surface area contributed by atoms with E-state index in [0.717, 1.165) is 12.8 Å². The van der Waals surface area contributed by atoms with Crippen molar-refractivity contribution in [2.45, 2.75) is 38.3 Å². The van der Waals surface area contributed by atoms with Gasteiger partial charge in [-0.25, -0.2) is 0 Å². The van der Waals surface area contributed by atoms with Crippen molar-refractivity contribution in [3.63, 3.8) is 0 Å². The van der Waals surface area contributed by atoms with Gasteiger partial charge in [-0.3, -0.25) is 4.98 Å². The Balaban J connectivity index is 1.81. The summed E-state index contributed by atoms with van der Waals surface area (Å²) >= 11 is 0. The molecule has 0 bridgehead atoms. The lowest BCUT2D eigenvalue weighted by Crippen LogP contribution is -2.27. The minimum absolute atomic E-state index is 0.274. The normalized spacial score (nSPS) is 19.4. The SMILES string of the molecule is C[C@H](NC1CCCc2ccc(O)cc21)c1ccncc1. The maximum Gasteiger partial charge on any atom is 0.115 e. The first-order chi connectivity index (χ1) is 9.74. The van der Waals surface area contributed by atoms with E-state index in [1.807, 2.05) is 30.6 Å². The number of nitrogens with zero attached hydrogens (tertiary/aromatic N) is 1. The predicted molar refractivity (Wildman–Crippen MR) is 79.6 cm³/mol. The lowest BCUT2D eigenvalue weighted by molar-refractivity contribution is 0.410. The number of rotatable bonds is 3. The summed E-state index contributed by atoms with van der Waals surface area (Å²) in [5.74, 6) is 0.356. The minimum atomic E-state index is 0.274. The van der Waals surface area contributed by atoms with Gasteiger partial charge in [-0.2, -0.15) is 0 Å². The second kappa shape index (κ2) is 5.63. The van der Waals surface area contributed by atoms with Crippen LogP contribution in [-0.4, -0.2) is 10.1 Å². The van der Waals surface area contributed by atoms with Gasteiger partial charge in [0.15, 0.2) is 0 Å². The fourth-order valence-corrected chi connectivity index (χ4v) is 3.01. The molecule has 0 spiro atoms. The molecule has 0 aliphatic heterocycles. The van der Waals surface area contributed by atoms with E-state index in [-0.39, 0.29) is 6.04 Å². The molecule has 1 heterocycles. The summed E-state index contributed by atoms with van der Waals surface area (Å²) in [7, 11) is 0. The van der Waals surface area contributed by atoms with Gasteiger partial charge in [0, 0.05) is 24.5 Å². The Labute approximate surface area is 119 Å². The predicted octanol–water partition coefficient (Wildman–Crippen LogP) is 3.52. The molecule has 0 fully saturated rings. The molecular formula is C17H20N2O. The number of aromatic nitrogens is 1. The Morgan fingerprint density at radius 2 is 2.05 bits per heavy atom. The Morgan fingerprint density at radius 1 is 1.25 bits per heavy atom. The lowest BCUT2D eigenvalue weighted by Gasteiger charge is -2.29. The maximum absolute atomic E-state index is 9.72. The minimum Gasteiger partial charge on any atom is -0.508 e. The summed E-state index contributed by atoms with van der Waals surface area (Å²) in [6.45, 7) is 2.17. The number of aromatic hydroxyl groups is 1. The molecule has 0 saturated carbocycles. The van der Waals surface area contributed by atoms with E-state index in [1.165, 1.54) is 23.1 Å². The van der Waals surface area contributed by atoms with Crippen molar-refractivity contribution in [1.29, 1.82) is 0 Å². The van der Waals surface area contributed by atoms with Crippen LogP contribution < -0.4 is 5.32 Å². The fraction of sp³-hybridized carbons (Fsp3) is 0.353. The lowest BCUT2D eigenvalue weighted by atomic mass is 9.87. The van der Waals surface area contributed by atoms with E-state index in [1.54, 1.807) is 6.07 Å². The Morgan fingerprint density at radius 3 is 2.85 bits per heavy atom. The summed E-state index contributed by atoms with van der Waals surface area (Å²) in [5, 5.41) is 13.4. The average Bonchev–Trinajstić information content (AvgIpc) is 2.49. The van der Waals surface area contributed by atoms with Crippen LogP contribution in [0.5, 0.6) is 5.75 Å². The van der Waals surface area contributed by atoms with Crippen molar-refractivity contribution in [2.24, 2.45) is 0 Å². The molecule has 0 radical (unpaired) electrons. The van der Waals surface area contributed by atoms with Gasteiger partial charge >= 0.3 is 0 Å². The van der Waals surface area contributed by atoms with Crippen LogP contribution in [-0.2, 0) is 6.42 Å². The molecule has 0 saturated heterocycles. The van der Waals surface area contributed by atoms with Crippen molar-refractivity contribution in [2.75, 3.05) is 0 Å². The van der Waals surface area contributed by atoms with Crippen LogP contribution in [0.3, 0.4) is 0 Å². The van der Waals surface area contributed by atoms with E-state index < -0.39 is 0 Å². The third kappa shape index (κ3) is 2.68. The van der Waals surface area contributed by atoms with Crippen molar-refractivity contribution in [3.8, 4) is 5.75 Å². The van der Waals surface area contributed by atoms with Gasteiger partial charge in [0.1, 0.15) is 5.75 Å². The molecule has 104 valence electrons. The van der Waals surface area contributed by atoms with Gasteiger partial charge in [0.25, 0.3) is 0 Å². The molecule has 3 rings (SSSR count). The summed E-state index contributed by atoms with van der Waals surface area (Å²) in [6.07, 6.45) is 7.07. The molecule has 3 nitrogen and oxygen atoms in total. The van der Waals surface area contributed by atoms with Crippen LogP contribution in [0.2, 0.25) is 0 Å². The highest BCUT2D eigenvalue weighted by atomic mass is 16.3.